The zero-order chi connectivity index (χ0) is 11.2. The van der Waals surface area contributed by atoms with Crippen LogP contribution in [0.25, 0.3) is 0 Å². The maximum absolute atomic E-state index is 4.81. The zero-order valence-electron chi connectivity index (χ0n) is 10.3. The third-order valence-corrected chi connectivity index (χ3v) is 5.48. The summed E-state index contributed by atoms with van der Waals surface area (Å²) in [5.41, 5.74) is 0.402. The Morgan fingerprint density at radius 3 is 2.94 bits per heavy atom. The van der Waals surface area contributed by atoms with Crippen LogP contribution in [0.15, 0.2) is 4.99 Å². The molecule has 0 amide bonds. The molecule has 1 saturated heterocycles. The van der Waals surface area contributed by atoms with Crippen molar-refractivity contribution >= 4 is 16.9 Å². The number of aliphatic imine (C=N–C) groups is 1. The lowest BCUT2D eigenvalue weighted by molar-refractivity contribution is 0.242. The smallest absolute Gasteiger partial charge is 0.157 e. The van der Waals surface area contributed by atoms with E-state index in [4.69, 9.17) is 4.99 Å². The van der Waals surface area contributed by atoms with Gasteiger partial charge in [-0.3, -0.25) is 4.99 Å². The quantitative estimate of drug-likeness (QED) is 0.759. The second-order valence-electron chi connectivity index (χ2n) is 6.11. The van der Waals surface area contributed by atoms with Gasteiger partial charge in [0.15, 0.2) is 5.17 Å². The van der Waals surface area contributed by atoms with Gasteiger partial charge in [-0.15, -0.1) is 0 Å². The Bertz CT molecular complexity index is 315. The van der Waals surface area contributed by atoms with Crippen molar-refractivity contribution in [2.24, 2.45) is 16.8 Å². The second kappa shape index (κ2) is 3.94. The molecule has 2 saturated carbocycles. The van der Waals surface area contributed by atoms with Crippen LogP contribution in [0, 0.1) is 11.8 Å². The van der Waals surface area contributed by atoms with Crippen molar-refractivity contribution in [2.45, 2.75) is 57.5 Å². The van der Waals surface area contributed by atoms with Crippen LogP contribution in [-0.4, -0.2) is 22.5 Å². The molecule has 90 valence electrons. The van der Waals surface area contributed by atoms with E-state index in [-0.39, 0.29) is 0 Å². The number of rotatable bonds is 1. The molecule has 2 aliphatic carbocycles. The molecule has 4 atom stereocenters. The topological polar surface area (TPSA) is 24.4 Å². The van der Waals surface area contributed by atoms with Gasteiger partial charge in [0.2, 0.25) is 0 Å². The number of amidine groups is 1. The van der Waals surface area contributed by atoms with Crippen molar-refractivity contribution in [1.29, 1.82) is 0 Å². The maximum Gasteiger partial charge on any atom is 0.157 e. The summed E-state index contributed by atoms with van der Waals surface area (Å²) in [6, 6.07) is 0.631. The number of nitrogens with one attached hydrogen (secondary N) is 1. The number of hydrogen-bond acceptors (Lipinski definition) is 2. The summed E-state index contributed by atoms with van der Waals surface area (Å²) in [6.45, 7) is 4.69. The van der Waals surface area contributed by atoms with Gasteiger partial charge in [0.05, 0.1) is 6.04 Å². The van der Waals surface area contributed by atoms with Crippen LogP contribution in [0.5, 0.6) is 0 Å². The standard InChI is InChI=1S/C13H22N2S/c1-9-4-3-5-13(7-9)8-16-12(15-13)14-11-6-10(11)2/h9-11H,3-8H2,1-2H3,(H,14,15). The highest BCUT2D eigenvalue weighted by atomic mass is 32.2. The Morgan fingerprint density at radius 2 is 2.25 bits per heavy atom. The molecule has 3 heteroatoms. The molecule has 16 heavy (non-hydrogen) atoms. The Morgan fingerprint density at radius 1 is 1.44 bits per heavy atom. The summed E-state index contributed by atoms with van der Waals surface area (Å²) in [6.07, 6.45) is 6.81. The van der Waals surface area contributed by atoms with Gasteiger partial charge in [-0.25, -0.2) is 0 Å². The molecule has 3 fully saturated rings. The van der Waals surface area contributed by atoms with E-state index in [0.717, 1.165) is 11.8 Å². The van der Waals surface area contributed by atoms with Gasteiger partial charge in [0.1, 0.15) is 0 Å². The lowest BCUT2D eigenvalue weighted by Crippen LogP contribution is -2.47. The molecule has 0 aromatic heterocycles. The fourth-order valence-electron chi connectivity index (χ4n) is 3.11. The fourth-order valence-corrected chi connectivity index (χ4v) is 4.36. The first-order chi connectivity index (χ1) is 7.67. The molecule has 1 aliphatic heterocycles. The zero-order valence-corrected chi connectivity index (χ0v) is 11.1. The minimum atomic E-state index is 0.402. The van der Waals surface area contributed by atoms with Gasteiger partial charge in [0, 0.05) is 11.3 Å². The van der Waals surface area contributed by atoms with Crippen molar-refractivity contribution in [1.82, 2.24) is 5.32 Å². The van der Waals surface area contributed by atoms with E-state index in [1.54, 1.807) is 0 Å². The molecule has 1 N–H and O–H groups in total. The number of hydrogen-bond donors (Lipinski definition) is 1. The van der Waals surface area contributed by atoms with Crippen LogP contribution in [0.1, 0.15) is 46.0 Å². The summed E-state index contributed by atoms with van der Waals surface area (Å²) >= 11 is 1.96. The molecule has 4 unspecified atom stereocenters. The SMILES string of the molecule is CC1CCCC2(CSC(=NC3CC3C)N2)C1. The van der Waals surface area contributed by atoms with E-state index >= 15 is 0 Å². The average Bonchev–Trinajstić information content (AvgIpc) is 2.77. The predicted octanol–water partition coefficient (Wildman–Crippen LogP) is 3.04. The van der Waals surface area contributed by atoms with Crippen molar-refractivity contribution in [2.75, 3.05) is 5.75 Å². The minimum absolute atomic E-state index is 0.402. The molecule has 1 spiro atoms. The second-order valence-corrected chi connectivity index (χ2v) is 7.07. The van der Waals surface area contributed by atoms with Gasteiger partial charge >= 0.3 is 0 Å². The van der Waals surface area contributed by atoms with Crippen molar-refractivity contribution in [3.05, 3.63) is 0 Å². The molecule has 0 aromatic rings. The summed E-state index contributed by atoms with van der Waals surface area (Å²) in [7, 11) is 0. The first-order valence-electron chi connectivity index (χ1n) is 6.66. The average molecular weight is 238 g/mol. The van der Waals surface area contributed by atoms with E-state index in [2.05, 4.69) is 19.2 Å². The molecule has 0 radical (unpaired) electrons. The third kappa shape index (κ3) is 2.11. The highest BCUT2D eigenvalue weighted by Crippen LogP contribution is 2.40. The molecular weight excluding hydrogens is 216 g/mol. The summed E-state index contributed by atoms with van der Waals surface area (Å²) < 4.78 is 0. The molecule has 1 heterocycles. The Labute approximate surface area is 103 Å². The summed E-state index contributed by atoms with van der Waals surface area (Å²) in [5, 5.41) is 4.98. The lowest BCUT2D eigenvalue weighted by Gasteiger charge is -2.36. The fraction of sp³-hybridized carbons (Fsp3) is 0.923. The van der Waals surface area contributed by atoms with Crippen molar-refractivity contribution in [3.63, 3.8) is 0 Å². The van der Waals surface area contributed by atoms with Crippen LogP contribution in [0.3, 0.4) is 0 Å². The largest absolute Gasteiger partial charge is 0.359 e. The molecule has 2 nitrogen and oxygen atoms in total. The van der Waals surface area contributed by atoms with E-state index in [9.17, 15) is 0 Å². The molecular formula is C13H22N2S. The Kier molecular flexibility index (Phi) is 2.69. The highest BCUT2D eigenvalue weighted by molar-refractivity contribution is 8.14. The predicted molar refractivity (Wildman–Crippen MR) is 71.0 cm³/mol. The van der Waals surface area contributed by atoms with E-state index in [1.165, 1.54) is 43.0 Å². The van der Waals surface area contributed by atoms with Crippen LogP contribution >= 0.6 is 11.8 Å². The Hall–Kier alpha value is -0.180. The normalized spacial score (nSPS) is 49.6. The van der Waals surface area contributed by atoms with E-state index in [1.807, 2.05) is 11.8 Å². The van der Waals surface area contributed by atoms with Crippen molar-refractivity contribution < 1.29 is 0 Å². The number of thioether (sulfide) groups is 1. The first-order valence-corrected chi connectivity index (χ1v) is 7.64. The highest BCUT2D eigenvalue weighted by Gasteiger charge is 2.41. The molecule has 3 aliphatic rings. The van der Waals surface area contributed by atoms with Crippen LogP contribution in [-0.2, 0) is 0 Å². The van der Waals surface area contributed by atoms with Gasteiger partial charge in [-0.1, -0.05) is 38.5 Å². The van der Waals surface area contributed by atoms with Crippen molar-refractivity contribution in [3.8, 4) is 0 Å². The van der Waals surface area contributed by atoms with E-state index in [0.29, 0.717) is 11.6 Å². The summed E-state index contributed by atoms with van der Waals surface area (Å²) in [5.74, 6) is 2.97. The molecule has 0 bridgehead atoms. The van der Waals surface area contributed by atoms with Gasteiger partial charge < -0.3 is 5.32 Å². The monoisotopic (exact) mass is 238 g/mol. The minimum Gasteiger partial charge on any atom is -0.359 e. The van der Waals surface area contributed by atoms with Crippen LogP contribution in [0.4, 0.5) is 0 Å². The summed E-state index contributed by atoms with van der Waals surface area (Å²) in [4.78, 5) is 4.81. The lowest BCUT2D eigenvalue weighted by atomic mass is 9.78. The Balaban J connectivity index is 1.65. The van der Waals surface area contributed by atoms with E-state index < -0.39 is 0 Å². The van der Waals surface area contributed by atoms with Crippen LogP contribution < -0.4 is 5.32 Å². The maximum atomic E-state index is 4.81. The number of nitrogens with zero attached hydrogens (tertiary/aromatic N) is 1. The van der Waals surface area contributed by atoms with Gasteiger partial charge in [-0.2, -0.15) is 0 Å². The van der Waals surface area contributed by atoms with Gasteiger partial charge in [0.25, 0.3) is 0 Å². The third-order valence-electron chi connectivity index (χ3n) is 4.30. The van der Waals surface area contributed by atoms with Gasteiger partial charge in [-0.05, 0) is 31.1 Å². The molecule has 3 rings (SSSR count). The first kappa shape index (κ1) is 10.9. The molecule has 0 aromatic carbocycles. The van der Waals surface area contributed by atoms with Crippen LogP contribution in [0.2, 0.25) is 0 Å².